The summed E-state index contributed by atoms with van der Waals surface area (Å²) in [5.41, 5.74) is 3.39. The van der Waals surface area contributed by atoms with Crippen LogP contribution in [-0.4, -0.2) is 31.6 Å². The monoisotopic (exact) mass is 293 g/mol. The maximum absolute atomic E-state index is 12.0. The number of aromatic amines is 1. The van der Waals surface area contributed by atoms with Gasteiger partial charge in [-0.15, -0.1) is 5.10 Å². The molecule has 1 aromatic carbocycles. The fraction of sp³-hybridized carbons (Fsp3) is 0.308. The van der Waals surface area contributed by atoms with Crippen molar-refractivity contribution in [3.05, 3.63) is 39.3 Å². The third kappa shape index (κ3) is 2.77. The number of aliphatic carboxylic acids is 1. The quantitative estimate of drug-likeness (QED) is 0.837. The molecule has 0 spiro atoms. The van der Waals surface area contributed by atoms with E-state index in [-0.39, 0.29) is 11.4 Å². The highest BCUT2D eigenvalue weighted by Gasteiger charge is 2.16. The average Bonchev–Trinajstić information content (AvgIpc) is 2.67. The van der Waals surface area contributed by atoms with Gasteiger partial charge in [-0.25, -0.2) is 14.5 Å². The summed E-state index contributed by atoms with van der Waals surface area (Å²) in [7, 11) is 0. The Kier molecular flexibility index (Phi) is 3.99. The zero-order valence-electron chi connectivity index (χ0n) is 11.4. The Labute approximate surface area is 119 Å². The average molecular weight is 293 g/mol. The molecule has 2 aromatic rings. The normalized spacial score (nSPS) is 10.8. The second kappa shape index (κ2) is 5.54. The minimum absolute atomic E-state index is 0.145. The number of H-pyrrole nitrogens is 1. The van der Waals surface area contributed by atoms with Gasteiger partial charge < -0.3 is 5.11 Å². The molecule has 0 saturated heterocycles. The molecule has 0 aliphatic heterocycles. The minimum atomic E-state index is -0.950. The number of aryl methyl sites for hydroxylation is 3. The Bertz CT molecular complexity index is 695. The van der Waals surface area contributed by atoms with E-state index in [1.54, 1.807) is 0 Å². The first-order valence-corrected chi connectivity index (χ1v) is 6.99. The van der Waals surface area contributed by atoms with Gasteiger partial charge in [0.1, 0.15) is 0 Å². The minimum Gasteiger partial charge on any atom is -0.481 e. The zero-order valence-corrected chi connectivity index (χ0v) is 12.2. The van der Waals surface area contributed by atoms with Crippen molar-refractivity contribution in [3.8, 4) is 5.69 Å². The van der Waals surface area contributed by atoms with Crippen LogP contribution in [0.3, 0.4) is 0 Å². The van der Waals surface area contributed by atoms with Gasteiger partial charge in [0, 0.05) is 0 Å². The third-order valence-electron chi connectivity index (χ3n) is 2.83. The lowest BCUT2D eigenvalue weighted by Gasteiger charge is -2.12. The van der Waals surface area contributed by atoms with Gasteiger partial charge in [0.05, 0.1) is 11.4 Å². The third-order valence-corrected chi connectivity index (χ3v) is 3.75. The van der Waals surface area contributed by atoms with Gasteiger partial charge in [0.2, 0.25) is 0 Å². The zero-order chi connectivity index (χ0) is 14.9. The van der Waals surface area contributed by atoms with Gasteiger partial charge in [-0.2, -0.15) is 0 Å². The van der Waals surface area contributed by atoms with E-state index in [1.165, 1.54) is 4.57 Å². The maximum atomic E-state index is 12.0. The van der Waals surface area contributed by atoms with Crippen LogP contribution in [0.15, 0.2) is 22.1 Å². The molecule has 0 saturated carbocycles. The molecule has 0 unspecified atom stereocenters. The van der Waals surface area contributed by atoms with Gasteiger partial charge in [-0.3, -0.25) is 4.79 Å². The number of aromatic nitrogens is 3. The van der Waals surface area contributed by atoms with Gasteiger partial charge in [0.25, 0.3) is 0 Å². The van der Waals surface area contributed by atoms with Gasteiger partial charge >= 0.3 is 11.7 Å². The highest BCUT2D eigenvalue weighted by Crippen LogP contribution is 2.24. The molecule has 0 radical (unpaired) electrons. The highest BCUT2D eigenvalue weighted by atomic mass is 32.2. The van der Waals surface area contributed by atoms with Crippen molar-refractivity contribution in [3.63, 3.8) is 0 Å². The number of nitrogens with zero attached hydrogens (tertiary/aromatic N) is 2. The number of rotatable bonds is 4. The fourth-order valence-electron chi connectivity index (χ4n) is 2.23. The van der Waals surface area contributed by atoms with Crippen LogP contribution in [0.2, 0.25) is 0 Å². The molecule has 2 N–H and O–H groups in total. The van der Waals surface area contributed by atoms with Gasteiger partial charge in [-0.05, 0) is 31.9 Å². The van der Waals surface area contributed by atoms with Crippen molar-refractivity contribution < 1.29 is 9.90 Å². The molecule has 7 heteroatoms. The Morgan fingerprint density at radius 3 is 2.50 bits per heavy atom. The van der Waals surface area contributed by atoms with Crippen LogP contribution in [0, 0.1) is 20.8 Å². The lowest BCUT2D eigenvalue weighted by molar-refractivity contribution is -0.133. The first-order valence-electron chi connectivity index (χ1n) is 6.00. The van der Waals surface area contributed by atoms with Crippen LogP contribution in [0.5, 0.6) is 0 Å². The standard InChI is InChI=1S/C13H15N3O3S/c1-7-4-8(2)11(9(3)5-7)16-12(19)14-15-13(16)20-6-10(17)18/h4-5H,6H2,1-3H3,(H,14,19)(H,17,18). The number of hydrogen-bond acceptors (Lipinski definition) is 4. The van der Waals surface area contributed by atoms with E-state index in [4.69, 9.17) is 5.11 Å². The topological polar surface area (TPSA) is 88.0 Å². The van der Waals surface area contributed by atoms with Crippen molar-refractivity contribution >= 4 is 17.7 Å². The van der Waals surface area contributed by atoms with Crippen LogP contribution in [0.4, 0.5) is 0 Å². The summed E-state index contributed by atoms with van der Waals surface area (Å²) in [6.07, 6.45) is 0. The molecule has 0 atom stereocenters. The van der Waals surface area contributed by atoms with Crippen LogP contribution < -0.4 is 5.69 Å². The number of carboxylic acid groups (broad SMARTS) is 1. The molecule has 0 bridgehead atoms. The summed E-state index contributed by atoms with van der Waals surface area (Å²) in [6, 6.07) is 3.96. The van der Waals surface area contributed by atoms with Crippen LogP contribution in [0.1, 0.15) is 16.7 Å². The van der Waals surface area contributed by atoms with Crippen molar-refractivity contribution in [2.24, 2.45) is 0 Å². The van der Waals surface area contributed by atoms with E-state index < -0.39 is 5.97 Å². The molecule has 1 heterocycles. The number of nitrogens with one attached hydrogen (secondary N) is 1. The predicted molar refractivity (Wildman–Crippen MR) is 76.8 cm³/mol. The van der Waals surface area contributed by atoms with Crippen molar-refractivity contribution in [1.82, 2.24) is 14.8 Å². The first-order chi connectivity index (χ1) is 9.40. The second-order valence-electron chi connectivity index (χ2n) is 4.58. The maximum Gasteiger partial charge on any atom is 0.348 e. The number of hydrogen-bond donors (Lipinski definition) is 2. The second-order valence-corrected chi connectivity index (χ2v) is 5.52. The number of carboxylic acids is 1. The summed E-state index contributed by atoms with van der Waals surface area (Å²) < 4.78 is 1.43. The molecule has 0 aliphatic carbocycles. The predicted octanol–water partition coefficient (Wildman–Crippen LogP) is 1.66. The lowest BCUT2D eigenvalue weighted by Crippen LogP contribution is -2.18. The molecule has 0 amide bonds. The molecule has 2 rings (SSSR count). The van der Waals surface area contributed by atoms with E-state index in [9.17, 15) is 9.59 Å². The van der Waals surface area contributed by atoms with Gasteiger partial charge in [-0.1, -0.05) is 29.5 Å². The molecule has 20 heavy (non-hydrogen) atoms. The van der Waals surface area contributed by atoms with E-state index in [0.29, 0.717) is 5.16 Å². The molecule has 0 fully saturated rings. The van der Waals surface area contributed by atoms with E-state index in [0.717, 1.165) is 34.1 Å². The Morgan fingerprint density at radius 1 is 1.35 bits per heavy atom. The van der Waals surface area contributed by atoms with Crippen molar-refractivity contribution in [2.45, 2.75) is 25.9 Å². The largest absolute Gasteiger partial charge is 0.481 e. The molecule has 6 nitrogen and oxygen atoms in total. The van der Waals surface area contributed by atoms with E-state index >= 15 is 0 Å². The fourth-order valence-corrected chi connectivity index (χ4v) is 2.89. The summed E-state index contributed by atoms with van der Waals surface area (Å²) in [6.45, 7) is 5.82. The number of carbonyl (C=O) groups is 1. The highest BCUT2D eigenvalue weighted by molar-refractivity contribution is 7.99. The number of thioether (sulfide) groups is 1. The smallest absolute Gasteiger partial charge is 0.348 e. The van der Waals surface area contributed by atoms with Gasteiger partial charge in [0.15, 0.2) is 5.16 Å². The summed E-state index contributed by atoms with van der Waals surface area (Å²) in [5, 5.41) is 15.4. The SMILES string of the molecule is Cc1cc(C)c(-n2c(SCC(=O)O)n[nH]c2=O)c(C)c1. The van der Waals surface area contributed by atoms with Crippen molar-refractivity contribution in [1.29, 1.82) is 0 Å². The molecular formula is C13H15N3O3S. The molecule has 0 aliphatic rings. The summed E-state index contributed by atoms with van der Waals surface area (Å²) in [5.74, 6) is -1.09. The van der Waals surface area contributed by atoms with Crippen LogP contribution in [0.25, 0.3) is 5.69 Å². The Morgan fingerprint density at radius 2 is 1.95 bits per heavy atom. The summed E-state index contributed by atoms with van der Waals surface area (Å²) in [4.78, 5) is 22.6. The Hall–Kier alpha value is -2.02. The van der Waals surface area contributed by atoms with Crippen molar-refractivity contribution in [2.75, 3.05) is 5.75 Å². The summed E-state index contributed by atoms with van der Waals surface area (Å²) >= 11 is 1.01. The van der Waals surface area contributed by atoms with E-state index in [2.05, 4.69) is 10.2 Å². The van der Waals surface area contributed by atoms with E-state index in [1.807, 2.05) is 32.9 Å². The molecular weight excluding hydrogens is 278 g/mol. The molecule has 1 aromatic heterocycles. The van der Waals surface area contributed by atoms with Crippen LogP contribution >= 0.6 is 11.8 Å². The molecule has 106 valence electrons. The Balaban J connectivity index is 2.56. The lowest BCUT2D eigenvalue weighted by atomic mass is 10.1. The first kappa shape index (κ1) is 14.4. The van der Waals surface area contributed by atoms with Crippen LogP contribution in [-0.2, 0) is 4.79 Å². The number of benzene rings is 1.